The highest BCUT2D eigenvalue weighted by molar-refractivity contribution is 5.90. The minimum absolute atomic E-state index is 0.0237. The molecule has 0 radical (unpaired) electrons. The van der Waals surface area contributed by atoms with Crippen molar-refractivity contribution in [2.45, 2.75) is 50.2 Å². The molecule has 7 heteroatoms. The lowest BCUT2D eigenvalue weighted by Gasteiger charge is -2.26. The van der Waals surface area contributed by atoms with Crippen LogP contribution in [0.2, 0.25) is 0 Å². The highest BCUT2D eigenvalue weighted by Crippen LogP contribution is 2.49. The molecule has 27 heavy (non-hydrogen) atoms. The maximum Gasteiger partial charge on any atom is 0.303 e. The fraction of sp³-hybridized carbons (Fsp3) is 0.450. The van der Waals surface area contributed by atoms with Crippen LogP contribution in [0.4, 0.5) is 0 Å². The van der Waals surface area contributed by atoms with Gasteiger partial charge in [-0.15, -0.1) is 0 Å². The van der Waals surface area contributed by atoms with Crippen molar-refractivity contribution >= 4 is 11.9 Å². The normalized spacial score (nSPS) is 26.4. The molecule has 2 aromatic rings. The lowest BCUT2D eigenvalue weighted by Crippen LogP contribution is -2.28. The van der Waals surface area contributed by atoms with Crippen LogP contribution in [-0.4, -0.2) is 34.2 Å². The van der Waals surface area contributed by atoms with Gasteiger partial charge in [0, 0.05) is 12.3 Å². The van der Waals surface area contributed by atoms with E-state index in [1.165, 1.54) is 6.26 Å². The summed E-state index contributed by atoms with van der Waals surface area (Å²) in [5, 5.41) is 9.00. The first-order chi connectivity index (χ1) is 13.0. The Morgan fingerprint density at radius 2 is 1.93 bits per heavy atom. The number of oxazole rings is 1. The number of aryl methyl sites for hydroxylation is 1. The molecule has 4 unspecified atom stereocenters. The molecule has 2 fully saturated rings. The van der Waals surface area contributed by atoms with Crippen LogP contribution in [0.25, 0.3) is 0 Å². The number of nitrogens with two attached hydrogens (primary N) is 1. The van der Waals surface area contributed by atoms with Gasteiger partial charge in [0.05, 0.1) is 18.1 Å². The summed E-state index contributed by atoms with van der Waals surface area (Å²) in [6.45, 7) is 0. The molecule has 1 amide bonds. The van der Waals surface area contributed by atoms with E-state index in [1.54, 1.807) is 0 Å². The number of hydrogen-bond acceptors (Lipinski definition) is 5. The molecular formula is C20H22N2O5. The third-order valence-electron chi connectivity index (χ3n) is 5.67. The number of ether oxygens (including phenoxy) is 1. The zero-order valence-electron chi connectivity index (χ0n) is 14.8. The molecule has 2 aliphatic rings. The summed E-state index contributed by atoms with van der Waals surface area (Å²) in [6, 6.07) is 7.93. The number of rotatable bonds is 7. The summed E-state index contributed by atoms with van der Waals surface area (Å²) >= 11 is 0. The van der Waals surface area contributed by atoms with Gasteiger partial charge in [0.2, 0.25) is 5.89 Å². The summed E-state index contributed by atoms with van der Waals surface area (Å²) in [6.07, 6.45) is 4.77. The Morgan fingerprint density at radius 3 is 2.63 bits per heavy atom. The van der Waals surface area contributed by atoms with Crippen LogP contribution < -0.4 is 5.73 Å². The first kappa shape index (κ1) is 17.7. The van der Waals surface area contributed by atoms with Gasteiger partial charge in [-0.05, 0) is 36.8 Å². The van der Waals surface area contributed by atoms with Crippen LogP contribution in [-0.2, 0) is 22.4 Å². The number of aromatic nitrogens is 1. The van der Waals surface area contributed by atoms with Crippen molar-refractivity contribution in [3.63, 3.8) is 0 Å². The molecule has 3 N–H and O–H groups in total. The van der Waals surface area contributed by atoms with E-state index in [0.717, 1.165) is 30.4 Å². The fourth-order valence-corrected chi connectivity index (χ4v) is 4.43. The molecule has 3 heterocycles. The number of aliphatic carboxylic acids is 1. The van der Waals surface area contributed by atoms with E-state index in [0.29, 0.717) is 12.3 Å². The van der Waals surface area contributed by atoms with Gasteiger partial charge in [-0.25, -0.2) is 4.98 Å². The molecule has 0 aliphatic carbocycles. The van der Waals surface area contributed by atoms with Crippen molar-refractivity contribution in [3.05, 3.63) is 53.2 Å². The van der Waals surface area contributed by atoms with E-state index < -0.39 is 11.9 Å². The maximum atomic E-state index is 11.4. The number of primary amides is 1. The summed E-state index contributed by atoms with van der Waals surface area (Å²) in [7, 11) is 0. The number of amides is 1. The first-order valence-corrected chi connectivity index (χ1v) is 9.22. The molecule has 1 aromatic heterocycles. The smallest absolute Gasteiger partial charge is 0.303 e. The molecule has 0 spiro atoms. The van der Waals surface area contributed by atoms with Crippen LogP contribution >= 0.6 is 0 Å². The highest BCUT2D eigenvalue weighted by atomic mass is 16.5. The Kier molecular flexibility index (Phi) is 4.70. The average Bonchev–Trinajstić information content (AvgIpc) is 3.36. The predicted octanol–water partition coefficient (Wildman–Crippen LogP) is 2.29. The average molecular weight is 370 g/mol. The number of benzene rings is 1. The van der Waals surface area contributed by atoms with Crippen molar-refractivity contribution in [1.29, 1.82) is 0 Å². The number of hydrogen-bond donors (Lipinski definition) is 2. The van der Waals surface area contributed by atoms with Gasteiger partial charge in [-0.1, -0.05) is 24.3 Å². The summed E-state index contributed by atoms with van der Waals surface area (Å²) < 4.78 is 11.7. The van der Waals surface area contributed by atoms with E-state index in [2.05, 4.69) is 4.98 Å². The van der Waals surface area contributed by atoms with Crippen LogP contribution in [0.1, 0.15) is 52.7 Å². The van der Waals surface area contributed by atoms with Crippen molar-refractivity contribution in [2.75, 3.05) is 0 Å². The Hall–Kier alpha value is -2.67. The third kappa shape index (κ3) is 3.47. The van der Waals surface area contributed by atoms with Gasteiger partial charge in [0.15, 0.2) is 5.69 Å². The topological polar surface area (TPSA) is 116 Å². The third-order valence-corrected chi connectivity index (χ3v) is 5.67. The highest BCUT2D eigenvalue weighted by Gasteiger charge is 2.51. The van der Waals surface area contributed by atoms with E-state index in [-0.39, 0.29) is 36.2 Å². The lowest BCUT2D eigenvalue weighted by atomic mass is 9.75. The number of carbonyl (C=O) groups is 2. The van der Waals surface area contributed by atoms with Gasteiger partial charge in [-0.2, -0.15) is 0 Å². The summed E-state index contributed by atoms with van der Waals surface area (Å²) in [4.78, 5) is 26.6. The summed E-state index contributed by atoms with van der Waals surface area (Å²) in [5.74, 6) is -0.753. The molecule has 2 saturated heterocycles. The Balaban J connectivity index is 1.58. The molecule has 0 saturated carbocycles. The van der Waals surface area contributed by atoms with Crippen LogP contribution in [0.3, 0.4) is 0 Å². The molecule has 7 nitrogen and oxygen atoms in total. The van der Waals surface area contributed by atoms with Crippen molar-refractivity contribution < 1.29 is 23.8 Å². The van der Waals surface area contributed by atoms with E-state index in [4.69, 9.17) is 20.0 Å². The van der Waals surface area contributed by atoms with Gasteiger partial charge in [0.25, 0.3) is 5.91 Å². The number of nitrogens with zero attached hydrogens (tertiary/aromatic N) is 1. The second-order valence-electron chi connectivity index (χ2n) is 7.28. The molecule has 2 bridgehead atoms. The zero-order valence-corrected chi connectivity index (χ0v) is 14.8. The largest absolute Gasteiger partial charge is 0.481 e. The van der Waals surface area contributed by atoms with Crippen LogP contribution in [0.5, 0.6) is 0 Å². The van der Waals surface area contributed by atoms with Gasteiger partial charge < -0.3 is 20.0 Å². The number of carbonyl (C=O) groups excluding carboxylic acids is 1. The van der Waals surface area contributed by atoms with Crippen LogP contribution in [0, 0.1) is 5.92 Å². The Bertz CT molecular complexity index is 862. The van der Waals surface area contributed by atoms with Crippen molar-refractivity contribution in [3.8, 4) is 0 Å². The second-order valence-corrected chi connectivity index (χ2v) is 7.28. The summed E-state index contributed by atoms with van der Waals surface area (Å²) in [5.41, 5.74) is 7.61. The molecule has 4 rings (SSSR count). The molecule has 4 atom stereocenters. The van der Waals surface area contributed by atoms with Gasteiger partial charge in [0.1, 0.15) is 6.26 Å². The minimum Gasteiger partial charge on any atom is -0.481 e. The first-order valence-electron chi connectivity index (χ1n) is 9.22. The van der Waals surface area contributed by atoms with Crippen molar-refractivity contribution in [2.24, 2.45) is 11.7 Å². The second kappa shape index (κ2) is 7.15. The van der Waals surface area contributed by atoms with Crippen molar-refractivity contribution in [1.82, 2.24) is 4.98 Å². The predicted molar refractivity (Wildman–Crippen MR) is 95.2 cm³/mol. The molecular weight excluding hydrogens is 348 g/mol. The van der Waals surface area contributed by atoms with Gasteiger partial charge >= 0.3 is 5.97 Å². The zero-order chi connectivity index (χ0) is 19.0. The monoisotopic (exact) mass is 370 g/mol. The Labute approximate surface area is 156 Å². The fourth-order valence-electron chi connectivity index (χ4n) is 4.43. The number of carboxylic acids is 1. The Morgan fingerprint density at radius 1 is 1.19 bits per heavy atom. The van der Waals surface area contributed by atoms with Gasteiger partial charge in [-0.3, -0.25) is 9.59 Å². The van der Waals surface area contributed by atoms with E-state index >= 15 is 0 Å². The maximum absolute atomic E-state index is 11.4. The molecule has 142 valence electrons. The van der Waals surface area contributed by atoms with Crippen LogP contribution in [0.15, 0.2) is 34.9 Å². The SMILES string of the molecule is NC(=O)c1coc(C2C3CCC(O3)C2Cc2ccccc2CCC(=O)O)n1. The standard InChI is InChI=1S/C20H22N2O5/c21-19(25)14-10-26-20(22-14)18-13(15-6-7-16(18)27-15)9-12-4-2-1-3-11(12)5-8-17(23)24/h1-4,10,13,15-16,18H,5-9H2,(H2,21,25)(H,23,24). The number of carboxylic acid groups (broad SMARTS) is 1. The number of fused-ring (bicyclic) bond motifs is 2. The molecule has 1 aromatic carbocycles. The quantitative estimate of drug-likeness (QED) is 0.772. The van der Waals surface area contributed by atoms with E-state index in [1.807, 2.05) is 24.3 Å². The molecule has 2 aliphatic heterocycles. The minimum atomic E-state index is -0.801. The lowest BCUT2D eigenvalue weighted by molar-refractivity contribution is -0.136. The van der Waals surface area contributed by atoms with E-state index in [9.17, 15) is 9.59 Å².